The Kier molecular flexibility index (Phi) is 16.8. The van der Waals surface area contributed by atoms with E-state index in [1.807, 2.05) is 0 Å². The Hall–Kier alpha value is -1.20. The average molecular weight is 266 g/mol. The summed E-state index contributed by atoms with van der Waals surface area (Å²) in [5.41, 5.74) is 21.4. The highest BCUT2D eigenvalue weighted by molar-refractivity contribution is 4.53. The Morgan fingerprint density at radius 2 is 1.72 bits per heavy atom. The standard InChI is InChI=1S/C4H13N5O2.C4H13N3/c5-2-1-4(6)3-7-9(11)8-10;5-1-3-7-4-2-6/h4,10H,1-3,5-6H2,(H,7,8);7H,1-6H2. The van der Waals surface area contributed by atoms with Crippen molar-refractivity contribution in [2.24, 2.45) is 22.5 Å². The average Bonchev–Trinajstić information content (AvgIpc) is 2.38. The van der Waals surface area contributed by atoms with E-state index in [1.165, 1.54) is 0 Å². The van der Waals surface area contributed by atoms with Crippen LogP contribution in [0.4, 0.5) is 0 Å². The van der Waals surface area contributed by atoms with Crippen molar-refractivity contribution in [3.8, 4) is 0 Å². The minimum atomic E-state index is -0.130. The van der Waals surface area contributed by atoms with Crippen LogP contribution in [0.25, 0.3) is 0 Å². The van der Waals surface area contributed by atoms with Gasteiger partial charge in [0.2, 0.25) is 0 Å². The number of hydrazine groups is 1. The van der Waals surface area contributed by atoms with Crippen molar-refractivity contribution in [2.75, 3.05) is 39.3 Å². The van der Waals surface area contributed by atoms with Crippen molar-refractivity contribution in [3.63, 3.8) is 0 Å². The Labute approximate surface area is 107 Å². The van der Waals surface area contributed by atoms with E-state index >= 15 is 0 Å². The molecule has 10 nitrogen and oxygen atoms in total. The van der Waals surface area contributed by atoms with Crippen LogP contribution in [0.1, 0.15) is 6.42 Å². The molecular formula is C8H26N8O2. The molecule has 0 aliphatic rings. The second kappa shape index (κ2) is 15.8. The fourth-order valence-corrected chi connectivity index (χ4v) is 0.903. The van der Waals surface area contributed by atoms with Gasteiger partial charge in [0.1, 0.15) is 12.6 Å². The van der Waals surface area contributed by atoms with Gasteiger partial charge in [-0.15, -0.1) is 0 Å². The highest BCUT2D eigenvalue weighted by Gasteiger charge is 2.05. The quantitative estimate of drug-likeness (QED) is 0.107. The lowest BCUT2D eigenvalue weighted by atomic mass is 10.2. The van der Waals surface area contributed by atoms with Crippen LogP contribution in [0.2, 0.25) is 0 Å². The molecular weight excluding hydrogens is 240 g/mol. The molecule has 0 heterocycles. The third-order valence-electron chi connectivity index (χ3n) is 1.81. The Bertz CT molecular complexity index is 188. The summed E-state index contributed by atoms with van der Waals surface area (Å²) in [6, 6.07) is 0.0261. The van der Waals surface area contributed by atoms with Gasteiger partial charge in [-0.1, -0.05) is 0 Å². The van der Waals surface area contributed by atoms with E-state index in [-0.39, 0.29) is 11.0 Å². The molecule has 0 amide bonds. The van der Waals surface area contributed by atoms with Crippen LogP contribution in [0, 0.1) is 10.4 Å². The maximum absolute atomic E-state index is 10.2. The van der Waals surface area contributed by atoms with Crippen LogP contribution in [-0.4, -0.2) is 50.3 Å². The van der Waals surface area contributed by atoms with Crippen LogP contribution < -0.4 is 33.7 Å². The molecule has 10 heteroatoms. The zero-order chi connectivity index (χ0) is 14.2. The second-order valence-corrected chi connectivity index (χ2v) is 3.49. The topological polar surface area (TPSA) is 191 Å². The molecule has 0 saturated heterocycles. The first-order valence-electron chi connectivity index (χ1n) is 5.80. The normalized spacial score (nSPS) is 12.6. The minimum absolute atomic E-state index is 0.0261. The molecule has 0 aromatic rings. The number of quaternary nitrogens is 1. The minimum Gasteiger partial charge on any atom is -0.737 e. The highest BCUT2D eigenvalue weighted by Crippen LogP contribution is 1.79. The van der Waals surface area contributed by atoms with Gasteiger partial charge in [-0.2, -0.15) is 5.43 Å². The third kappa shape index (κ3) is 17.2. The molecule has 11 N–H and O–H groups in total. The van der Waals surface area contributed by atoms with Gasteiger partial charge in [0.05, 0.1) is 0 Å². The summed E-state index contributed by atoms with van der Waals surface area (Å²) >= 11 is 0. The lowest BCUT2D eigenvalue weighted by Gasteiger charge is -2.06. The SMILES string of the molecule is NCCC([NH3+])CN/[N+]([O-])=N/[O-].NCCNCCN. The fraction of sp³-hybridized carbons (Fsp3) is 1.00. The van der Waals surface area contributed by atoms with Gasteiger partial charge < -0.3 is 38.7 Å². The number of nitrogens with one attached hydrogen (secondary N) is 2. The summed E-state index contributed by atoms with van der Waals surface area (Å²) in [5, 5.41) is 24.8. The molecule has 0 bridgehead atoms. The van der Waals surface area contributed by atoms with Crippen LogP contribution in [0.5, 0.6) is 0 Å². The molecule has 0 aromatic carbocycles. The first-order chi connectivity index (χ1) is 8.62. The van der Waals surface area contributed by atoms with Gasteiger partial charge in [-0.3, -0.25) is 0 Å². The lowest BCUT2D eigenvalue weighted by molar-refractivity contribution is -0.593. The van der Waals surface area contributed by atoms with Gasteiger partial charge in [0.15, 0.2) is 0 Å². The smallest absolute Gasteiger partial charge is 0.125 e. The van der Waals surface area contributed by atoms with Gasteiger partial charge >= 0.3 is 0 Å². The van der Waals surface area contributed by atoms with Gasteiger partial charge in [0.25, 0.3) is 0 Å². The maximum atomic E-state index is 10.2. The summed E-state index contributed by atoms with van der Waals surface area (Å²) in [5.74, 6) is 0. The Balaban J connectivity index is 0. The molecule has 18 heavy (non-hydrogen) atoms. The van der Waals surface area contributed by atoms with E-state index in [4.69, 9.17) is 17.2 Å². The number of nitrogens with zero attached hydrogens (tertiary/aromatic N) is 2. The number of nitrogens with two attached hydrogens (primary N) is 3. The van der Waals surface area contributed by atoms with E-state index in [0.717, 1.165) is 13.1 Å². The zero-order valence-corrected chi connectivity index (χ0v) is 10.7. The van der Waals surface area contributed by atoms with E-state index in [1.54, 1.807) is 0 Å². The molecule has 0 aliphatic carbocycles. The van der Waals surface area contributed by atoms with E-state index in [9.17, 15) is 10.4 Å². The largest absolute Gasteiger partial charge is 0.737 e. The van der Waals surface area contributed by atoms with Crippen LogP contribution in [0.3, 0.4) is 0 Å². The zero-order valence-electron chi connectivity index (χ0n) is 10.7. The van der Waals surface area contributed by atoms with Crippen molar-refractivity contribution in [2.45, 2.75) is 12.5 Å². The predicted octanol–water partition coefficient (Wildman–Crippen LogP) is -3.60. The lowest BCUT2D eigenvalue weighted by Crippen LogP contribution is -2.65. The van der Waals surface area contributed by atoms with Crippen LogP contribution in [0.15, 0.2) is 5.28 Å². The predicted molar refractivity (Wildman–Crippen MR) is 68.8 cm³/mol. The first-order valence-corrected chi connectivity index (χ1v) is 5.80. The summed E-state index contributed by atoms with van der Waals surface area (Å²) < 4.78 is 0. The van der Waals surface area contributed by atoms with Crippen molar-refractivity contribution in [1.82, 2.24) is 10.7 Å². The molecule has 0 saturated carbocycles. The number of hydrogen-bond acceptors (Lipinski definition) is 7. The highest BCUT2D eigenvalue weighted by atomic mass is 16.6. The van der Waals surface area contributed by atoms with E-state index < -0.39 is 0 Å². The fourth-order valence-electron chi connectivity index (χ4n) is 0.903. The molecule has 0 spiro atoms. The van der Waals surface area contributed by atoms with Gasteiger partial charge in [-0.05, 0) is 11.8 Å². The van der Waals surface area contributed by atoms with Crippen molar-refractivity contribution in [3.05, 3.63) is 10.4 Å². The van der Waals surface area contributed by atoms with E-state index in [2.05, 4.69) is 21.8 Å². The summed E-state index contributed by atoms with van der Waals surface area (Å²) in [7, 11) is 0. The molecule has 0 aliphatic heterocycles. The Morgan fingerprint density at radius 1 is 1.17 bits per heavy atom. The van der Waals surface area contributed by atoms with Crippen molar-refractivity contribution in [1.29, 1.82) is 0 Å². The number of hydrogen-bond donors (Lipinski definition) is 6. The van der Waals surface area contributed by atoms with Crippen molar-refractivity contribution >= 4 is 0 Å². The molecule has 0 rings (SSSR count). The van der Waals surface area contributed by atoms with Crippen LogP contribution >= 0.6 is 0 Å². The summed E-state index contributed by atoms with van der Waals surface area (Å²) in [6.07, 6.45) is 0.708. The maximum Gasteiger partial charge on any atom is 0.125 e. The molecule has 0 aromatic heterocycles. The summed E-state index contributed by atoms with van der Waals surface area (Å²) in [6.45, 7) is 3.96. The molecule has 1 unspecified atom stereocenters. The second-order valence-electron chi connectivity index (χ2n) is 3.49. The number of rotatable bonds is 9. The van der Waals surface area contributed by atoms with Crippen molar-refractivity contribution < 1.29 is 10.7 Å². The first kappa shape index (κ1) is 19.1. The van der Waals surface area contributed by atoms with Gasteiger partial charge in [0, 0.05) is 37.6 Å². The third-order valence-corrected chi connectivity index (χ3v) is 1.81. The van der Waals surface area contributed by atoms with E-state index in [0.29, 0.717) is 32.6 Å². The monoisotopic (exact) mass is 266 g/mol. The molecule has 0 fully saturated rings. The Morgan fingerprint density at radius 3 is 2.11 bits per heavy atom. The van der Waals surface area contributed by atoms with Gasteiger partial charge in [-0.25, -0.2) is 0 Å². The summed E-state index contributed by atoms with van der Waals surface area (Å²) in [4.78, 5) is -0.130. The molecule has 0 radical (unpaired) electrons. The molecule has 1 atom stereocenters. The van der Waals surface area contributed by atoms with Crippen LogP contribution in [-0.2, 0) is 0 Å². The molecule has 110 valence electrons.